The normalized spacial score (nSPS) is 16.8. The van der Waals surface area contributed by atoms with Gasteiger partial charge >= 0.3 is 0 Å². The average molecular weight is 344 g/mol. The highest BCUT2D eigenvalue weighted by atomic mass is 19.1. The number of phenols is 2. The zero-order valence-electron chi connectivity index (χ0n) is 13.7. The van der Waals surface area contributed by atoms with Crippen LogP contribution in [0.3, 0.4) is 0 Å². The van der Waals surface area contributed by atoms with Crippen molar-refractivity contribution in [3.63, 3.8) is 0 Å². The Kier molecular flexibility index (Phi) is 4.08. The molecule has 0 saturated carbocycles. The van der Waals surface area contributed by atoms with E-state index in [1.54, 1.807) is 14.0 Å². The van der Waals surface area contributed by atoms with Gasteiger partial charge in [0.25, 0.3) is 5.91 Å². The van der Waals surface area contributed by atoms with E-state index in [0.29, 0.717) is 12.1 Å². The van der Waals surface area contributed by atoms with Crippen LogP contribution < -0.4 is 9.80 Å². The van der Waals surface area contributed by atoms with Crippen LogP contribution in [-0.2, 0) is 4.79 Å². The number of carbonyl (C=O) groups excluding carboxylic acids is 2. The van der Waals surface area contributed by atoms with Gasteiger partial charge in [0.2, 0.25) is 5.91 Å². The third-order valence-corrected chi connectivity index (χ3v) is 4.30. The van der Waals surface area contributed by atoms with Crippen LogP contribution in [-0.4, -0.2) is 35.1 Å². The summed E-state index contributed by atoms with van der Waals surface area (Å²) in [7, 11) is 1.57. The number of nitrogens with zero attached hydrogens (tertiary/aromatic N) is 2. The summed E-state index contributed by atoms with van der Waals surface area (Å²) in [6, 6.07) is 6.59. The molecule has 7 heteroatoms. The number of phenolic OH excluding ortho intramolecular Hbond substituents is 2. The Morgan fingerprint density at radius 2 is 1.88 bits per heavy atom. The highest BCUT2D eigenvalue weighted by Gasteiger charge is 2.40. The molecule has 2 aromatic carbocycles. The molecule has 2 aromatic rings. The molecule has 2 N–H and O–H groups in total. The minimum absolute atomic E-state index is 0.0798. The lowest BCUT2D eigenvalue weighted by atomic mass is 10.0. The van der Waals surface area contributed by atoms with Gasteiger partial charge in [-0.15, -0.1) is 0 Å². The van der Waals surface area contributed by atoms with Crippen LogP contribution in [0, 0.1) is 5.82 Å². The molecular formula is C18H17FN2O4. The molecule has 2 amide bonds. The van der Waals surface area contributed by atoms with Gasteiger partial charge in [0.1, 0.15) is 23.4 Å². The second-order valence-corrected chi connectivity index (χ2v) is 5.83. The minimum atomic E-state index is -0.819. The van der Waals surface area contributed by atoms with Gasteiger partial charge in [-0.05, 0) is 36.8 Å². The average Bonchev–Trinajstić information content (AvgIpc) is 2.57. The number of hydrogen-bond donors (Lipinski definition) is 2. The molecule has 130 valence electrons. The molecule has 0 unspecified atom stereocenters. The van der Waals surface area contributed by atoms with Crippen molar-refractivity contribution in [2.75, 3.05) is 16.8 Å². The molecule has 0 fully saturated rings. The standard InChI is InChI=1S/C18H17FN2O4/c1-3-13-18(25)20(2)14-7-4-10(19)8-15(14)21(13)17(24)12-6-5-11(22)9-16(12)23/h4-9,13,22-23H,3H2,1-2H3/t13-/m1/s1. The van der Waals surface area contributed by atoms with E-state index >= 15 is 0 Å². The third kappa shape index (κ3) is 2.67. The molecule has 1 heterocycles. The second-order valence-electron chi connectivity index (χ2n) is 5.83. The maximum atomic E-state index is 13.8. The quantitative estimate of drug-likeness (QED) is 0.878. The SMILES string of the molecule is CC[C@@H]1C(=O)N(C)c2ccc(F)cc2N1C(=O)c1ccc(O)cc1O. The fraction of sp³-hybridized carbons (Fsp3) is 0.222. The van der Waals surface area contributed by atoms with Crippen LogP contribution in [0.1, 0.15) is 23.7 Å². The smallest absolute Gasteiger partial charge is 0.262 e. The fourth-order valence-electron chi connectivity index (χ4n) is 3.03. The molecule has 1 aliphatic rings. The summed E-state index contributed by atoms with van der Waals surface area (Å²) >= 11 is 0. The predicted octanol–water partition coefficient (Wildman–Crippen LogP) is 2.64. The van der Waals surface area contributed by atoms with Crippen molar-refractivity contribution in [1.82, 2.24) is 0 Å². The summed E-state index contributed by atoms with van der Waals surface area (Å²) in [5.74, 6) is -2.08. The number of likely N-dealkylation sites (N-methyl/N-ethyl adjacent to an activating group) is 1. The van der Waals surface area contributed by atoms with Gasteiger partial charge in [-0.25, -0.2) is 4.39 Å². The number of hydrogen-bond acceptors (Lipinski definition) is 4. The van der Waals surface area contributed by atoms with E-state index in [-0.39, 0.29) is 22.9 Å². The largest absolute Gasteiger partial charge is 0.508 e. The third-order valence-electron chi connectivity index (χ3n) is 4.30. The van der Waals surface area contributed by atoms with Crippen LogP contribution in [0.4, 0.5) is 15.8 Å². The molecule has 0 radical (unpaired) electrons. The van der Waals surface area contributed by atoms with Crippen LogP contribution >= 0.6 is 0 Å². The Morgan fingerprint density at radius 3 is 2.52 bits per heavy atom. The van der Waals surface area contributed by atoms with Crippen molar-refractivity contribution in [1.29, 1.82) is 0 Å². The first kappa shape index (κ1) is 16.8. The number of rotatable bonds is 2. The molecule has 0 spiro atoms. The summed E-state index contributed by atoms with van der Waals surface area (Å²) in [5, 5.41) is 19.4. The maximum Gasteiger partial charge on any atom is 0.262 e. The number of aromatic hydroxyl groups is 2. The van der Waals surface area contributed by atoms with Crippen molar-refractivity contribution in [2.45, 2.75) is 19.4 Å². The molecule has 3 rings (SSSR count). The molecule has 1 aliphatic heterocycles. The Labute approximate surface area is 143 Å². The summed E-state index contributed by atoms with van der Waals surface area (Å²) in [6.07, 6.45) is 0.323. The van der Waals surface area contributed by atoms with E-state index in [0.717, 1.165) is 6.07 Å². The van der Waals surface area contributed by atoms with Crippen LogP contribution in [0.5, 0.6) is 11.5 Å². The van der Waals surface area contributed by atoms with Gasteiger partial charge in [0.05, 0.1) is 16.9 Å². The van der Waals surface area contributed by atoms with Gasteiger partial charge in [-0.3, -0.25) is 14.5 Å². The first-order valence-electron chi connectivity index (χ1n) is 7.77. The van der Waals surface area contributed by atoms with E-state index in [1.165, 1.54) is 40.1 Å². The van der Waals surface area contributed by atoms with Crippen molar-refractivity contribution in [3.05, 3.63) is 47.8 Å². The summed E-state index contributed by atoms with van der Waals surface area (Å²) < 4.78 is 13.8. The summed E-state index contributed by atoms with van der Waals surface area (Å²) in [5.41, 5.74) is 0.581. The van der Waals surface area contributed by atoms with Crippen LogP contribution in [0.15, 0.2) is 36.4 Å². The van der Waals surface area contributed by atoms with Gasteiger partial charge in [-0.2, -0.15) is 0 Å². The zero-order chi connectivity index (χ0) is 18.3. The lowest BCUT2D eigenvalue weighted by molar-refractivity contribution is -0.119. The molecular weight excluding hydrogens is 327 g/mol. The van der Waals surface area contributed by atoms with E-state index in [9.17, 15) is 24.2 Å². The van der Waals surface area contributed by atoms with Crippen molar-refractivity contribution >= 4 is 23.2 Å². The van der Waals surface area contributed by atoms with Gasteiger partial charge < -0.3 is 15.1 Å². The number of benzene rings is 2. The molecule has 25 heavy (non-hydrogen) atoms. The lowest BCUT2D eigenvalue weighted by Crippen LogP contribution is -2.54. The Bertz CT molecular complexity index is 868. The van der Waals surface area contributed by atoms with Gasteiger partial charge in [0, 0.05) is 13.1 Å². The molecule has 0 bridgehead atoms. The van der Waals surface area contributed by atoms with Crippen LogP contribution in [0.2, 0.25) is 0 Å². The van der Waals surface area contributed by atoms with Crippen molar-refractivity contribution < 1.29 is 24.2 Å². The Hall–Kier alpha value is -3.09. The summed E-state index contributed by atoms with van der Waals surface area (Å²) in [6.45, 7) is 1.75. The van der Waals surface area contributed by atoms with E-state index in [2.05, 4.69) is 0 Å². The monoisotopic (exact) mass is 344 g/mol. The van der Waals surface area contributed by atoms with Gasteiger partial charge in [-0.1, -0.05) is 6.92 Å². The van der Waals surface area contributed by atoms with E-state index in [4.69, 9.17) is 0 Å². The number of anilines is 2. The highest BCUT2D eigenvalue weighted by Crippen LogP contribution is 2.38. The molecule has 0 aromatic heterocycles. The summed E-state index contributed by atoms with van der Waals surface area (Å²) in [4.78, 5) is 28.2. The number of fused-ring (bicyclic) bond motifs is 1. The topological polar surface area (TPSA) is 81.1 Å². The van der Waals surface area contributed by atoms with Gasteiger partial charge in [0.15, 0.2) is 0 Å². The Balaban J connectivity index is 2.18. The van der Waals surface area contributed by atoms with Crippen molar-refractivity contribution in [2.24, 2.45) is 0 Å². The molecule has 0 saturated heterocycles. The van der Waals surface area contributed by atoms with Crippen molar-refractivity contribution in [3.8, 4) is 11.5 Å². The first-order chi connectivity index (χ1) is 11.8. The lowest BCUT2D eigenvalue weighted by Gasteiger charge is -2.40. The fourth-order valence-corrected chi connectivity index (χ4v) is 3.03. The predicted molar refractivity (Wildman–Crippen MR) is 90.5 cm³/mol. The highest BCUT2D eigenvalue weighted by molar-refractivity contribution is 6.18. The number of amides is 2. The second kappa shape index (κ2) is 6.08. The van der Waals surface area contributed by atoms with E-state index < -0.39 is 23.5 Å². The zero-order valence-corrected chi connectivity index (χ0v) is 13.7. The molecule has 6 nitrogen and oxygen atoms in total. The number of halogens is 1. The molecule has 1 atom stereocenters. The maximum absolute atomic E-state index is 13.8. The van der Waals surface area contributed by atoms with Crippen LogP contribution in [0.25, 0.3) is 0 Å². The molecule has 0 aliphatic carbocycles. The van der Waals surface area contributed by atoms with E-state index in [1.807, 2.05) is 0 Å². The minimum Gasteiger partial charge on any atom is -0.508 e. The number of carbonyl (C=O) groups is 2. The Morgan fingerprint density at radius 1 is 1.16 bits per heavy atom. The first-order valence-corrected chi connectivity index (χ1v) is 7.77.